The molecule has 0 aromatic heterocycles. The van der Waals surface area contributed by atoms with Crippen molar-refractivity contribution in [1.82, 2.24) is 9.80 Å². The lowest BCUT2D eigenvalue weighted by Crippen LogP contribution is -2.54. The van der Waals surface area contributed by atoms with Crippen LogP contribution in [-0.2, 0) is 6.54 Å². The third kappa shape index (κ3) is 3.07. The number of aliphatic hydroxyl groups is 1. The lowest BCUT2D eigenvalue weighted by molar-refractivity contribution is 0.0528. The first-order valence-electron chi connectivity index (χ1n) is 7.97. The fourth-order valence-corrected chi connectivity index (χ4v) is 3.71. The normalized spacial score (nSPS) is 29.4. The van der Waals surface area contributed by atoms with Gasteiger partial charge in [0.05, 0.1) is 20.3 Å². The van der Waals surface area contributed by atoms with Gasteiger partial charge < -0.3 is 14.6 Å². The van der Waals surface area contributed by atoms with Gasteiger partial charge in [-0.15, -0.1) is 0 Å². The van der Waals surface area contributed by atoms with Crippen LogP contribution in [0.25, 0.3) is 0 Å². The number of nitrogens with zero attached hydrogens (tertiary/aromatic N) is 2. The van der Waals surface area contributed by atoms with E-state index in [0.717, 1.165) is 44.1 Å². The first-order chi connectivity index (χ1) is 10.6. The number of hydrogen-bond acceptors (Lipinski definition) is 5. The Hall–Kier alpha value is -1.30. The molecule has 122 valence electrons. The van der Waals surface area contributed by atoms with Gasteiger partial charge in [-0.3, -0.25) is 9.80 Å². The summed E-state index contributed by atoms with van der Waals surface area (Å²) in [6.07, 6.45) is 0.744. The SMILES string of the molecule is COc1ccc(CN2CC3C[C@@H](O)CN3C[C@@H]2C)cc1OC. The van der Waals surface area contributed by atoms with Crippen LogP contribution in [0.3, 0.4) is 0 Å². The molecule has 5 heteroatoms. The van der Waals surface area contributed by atoms with Crippen LogP contribution in [0.5, 0.6) is 11.5 Å². The number of benzene rings is 1. The van der Waals surface area contributed by atoms with E-state index >= 15 is 0 Å². The van der Waals surface area contributed by atoms with Crippen molar-refractivity contribution in [2.45, 2.75) is 38.1 Å². The summed E-state index contributed by atoms with van der Waals surface area (Å²) in [4.78, 5) is 4.93. The fraction of sp³-hybridized carbons (Fsp3) is 0.647. The Morgan fingerprint density at radius 1 is 1.14 bits per heavy atom. The fourth-order valence-electron chi connectivity index (χ4n) is 3.71. The van der Waals surface area contributed by atoms with Gasteiger partial charge in [-0.1, -0.05) is 6.07 Å². The largest absolute Gasteiger partial charge is 0.493 e. The first kappa shape index (κ1) is 15.6. The summed E-state index contributed by atoms with van der Waals surface area (Å²) in [5.74, 6) is 1.55. The highest BCUT2D eigenvalue weighted by atomic mass is 16.5. The second-order valence-corrected chi connectivity index (χ2v) is 6.47. The lowest BCUT2D eigenvalue weighted by Gasteiger charge is -2.42. The van der Waals surface area contributed by atoms with Gasteiger partial charge >= 0.3 is 0 Å². The summed E-state index contributed by atoms with van der Waals surface area (Å²) in [6, 6.07) is 7.11. The maximum atomic E-state index is 9.86. The maximum Gasteiger partial charge on any atom is 0.161 e. The molecule has 0 aliphatic carbocycles. The molecule has 2 aliphatic heterocycles. The van der Waals surface area contributed by atoms with Crippen LogP contribution in [0, 0.1) is 0 Å². The molecule has 2 fully saturated rings. The van der Waals surface area contributed by atoms with Gasteiger partial charge in [0.15, 0.2) is 11.5 Å². The van der Waals surface area contributed by atoms with E-state index in [1.165, 1.54) is 5.56 Å². The lowest BCUT2D eigenvalue weighted by atomic mass is 10.1. The average Bonchev–Trinajstić information content (AvgIpc) is 2.86. The Balaban J connectivity index is 1.70. The number of piperazine rings is 1. The van der Waals surface area contributed by atoms with Crippen LogP contribution < -0.4 is 9.47 Å². The molecular formula is C17H26N2O3. The van der Waals surface area contributed by atoms with Gasteiger partial charge in [-0.25, -0.2) is 0 Å². The predicted molar refractivity (Wildman–Crippen MR) is 85.4 cm³/mol. The highest BCUT2D eigenvalue weighted by Crippen LogP contribution is 2.30. The summed E-state index contributed by atoms with van der Waals surface area (Å²) < 4.78 is 10.7. The Morgan fingerprint density at radius 3 is 2.64 bits per heavy atom. The molecule has 0 spiro atoms. The van der Waals surface area contributed by atoms with Crippen molar-refractivity contribution in [3.05, 3.63) is 23.8 Å². The summed E-state index contributed by atoms with van der Waals surface area (Å²) in [5, 5.41) is 9.86. The standard InChI is InChI=1S/C17H26N2O3/c1-12-8-19-11-15(20)7-14(19)10-18(12)9-13-4-5-16(21-2)17(6-13)22-3/h4-6,12,14-15,20H,7-11H2,1-3H3/t12-,14?,15+/m0/s1. The van der Waals surface area contributed by atoms with Crippen LogP contribution >= 0.6 is 0 Å². The first-order valence-corrected chi connectivity index (χ1v) is 7.97. The van der Waals surface area contributed by atoms with E-state index in [0.29, 0.717) is 12.1 Å². The van der Waals surface area contributed by atoms with E-state index in [2.05, 4.69) is 28.9 Å². The molecule has 22 heavy (non-hydrogen) atoms. The maximum absolute atomic E-state index is 9.86. The van der Waals surface area contributed by atoms with Gasteiger partial charge in [0.2, 0.25) is 0 Å². The van der Waals surface area contributed by atoms with Gasteiger partial charge in [-0.05, 0) is 31.0 Å². The summed E-state index contributed by atoms with van der Waals surface area (Å²) in [6.45, 7) is 6.06. The average molecular weight is 306 g/mol. The molecule has 1 aromatic rings. The van der Waals surface area contributed by atoms with Crippen molar-refractivity contribution >= 4 is 0 Å². The van der Waals surface area contributed by atoms with E-state index in [1.807, 2.05) is 6.07 Å². The minimum Gasteiger partial charge on any atom is -0.493 e. The van der Waals surface area contributed by atoms with Crippen molar-refractivity contribution in [3.8, 4) is 11.5 Å². The monoisotopic (exact) mass is 306 g/mol. The van der Waals surface area contributed by atoms with Crippen LogP contribution in [-0.4, -0.2) is 66.9 Å². The Bertz CT molecular complexity index is 523. The van der Waals surface area contributed by atoms with Crippen LogP contribution in [0.4, 0.5) is 0 Å². The molecule has 2 saturated heterocycles. The minimum atomic E-state index is -0.154. The van der Waals surface area contributed by atoms with E-state index in [1.54, 1.807) is 14.2 Å². The molecule has 3 atom stereocenters. The highest BCUT2D eigenvalue weighted by Gasteiger charge is 2.37. The van der Waals surface area contributed by atoms with Crippen LogP contribution in [0.15, 0.2) is 18.2 Å². The molecule has 2 aliphatic rings. The third-order valence-electron chi connectivity index (χ3n) is 4.91. The van der Waals surface area contributed by atoms with Crippen LogP contribution in [0.2, 0.25) is 0 Å². The van der Waals surface area contributed by atoms with Crippen molar-refractivity contribution < 1.29 is 14.6 Å². The van der Waals surface area contributed by atoms with E-state index in [-0.39, 0.29) is 6.10 Å². The molecule has 2 heterocycles. The third-order valence-corrected chi connectivity index (χ3v) is 4.91. The Kier molecular flexibility index (Phi) is 4.57. The molecule has 1 N–H and O–H groups in total. The zero-order valence-electron chi connectivity index (χ0n) is 13.7. The highest BCUT2D eigenvalue weighted by molar-refractivity contribution is 5.42. The molecular weight excluding hydrogens is 280 g/mol. The minimum absolute atomic E-state index is 0.154. The summed E-state index contributed by atoms with van der Waals surface area (Å²) >= 11 is 0. The molecule has 5 nitrogen and oxygen atoms in total. The van der Waals surface area contributed by atoms with Crippen molar-refractivity contribution in [2.24, 2.45) is 0 Å². The van der Waals surface area contributed by atoms with Crippen molar-refractivity contribution in [2.75, 3.05) is 33.9 Å². The predicted octanol–water partition coefficient (Wildman–Crippen LogP) is 1.34. The van der Waals surface area contributed by atoms with E-state index in [4.69, 9.17) is 9.47 Å². The van der Waals surface area contributed by atoms with Gasteiger partial charge in [-0.2, -0.15) is 0 Å². The number of ether oxygens (including phenoxy) is 2. The Labute approximate surface area is 132 Å². The zero-order valence-corrected chi connectivity index (χ0v) is 13.7. The number of methoxy groups -OCH3 is 2. The molecule has 0 saturated carbocycles. The van der Waals surface area contributed by atoms with Crippen molar-refractivity contribution in [3.63, 3.8) is 0 Å². The molecule has 0 radical (unpaired) electrons. The Morgan fingerprint density at radius 2 is 1.91 bits per heavy atom. The second-order valence-electron chi connectivity index (χ2n) is 6.47. The second kappa shape index (κ2) is 6.44. The van der Waals surface area contributed by atoms with E-state index < -0.39 is 0 Å². The summed E-state index contributed by atoms with van der Waals surface area (Å²) in [5.41, 5.74) is 1.23. The summed E-state index contributed by atoms with van der Waals surface area (Å²) in [7, 11) is 3.33. The van der Waals surface area contributed by atoms with Crippen molar-refractivity contribution in [1.29, 1.82) is 0 Å². The molecule has 3 rings (SSSR count). The van der Waals surface area contributed by atoms with Gasteiger partial charge in [0.1, 0.15) is 0 Å². The number of rotatable bonds is 4. The van der Waals surface area contributed by atoms with Gasteiger partial charge in [0.25, 0.3) is 0 Å². The number of fused-ring (bicyclic) bond motifs is 1. The van der Waals surface area contributed by atoms with Crippen LogP contribution in [0.1, 0.15) is 18.9 Å². The van der Waals surface area contributed by atoms with Gasteiger partial charge in [0, 0.05) is 38.3 Å². The topological polar surface area (TPSA) is 45.2 Å². The molecule has 1 aromatic carbocycles. The molecule has 0 amide bonds. The van der Waals surface area contributed by atoms with E-state index in [9.17, 15) is 5.11 Å². The molecule has 1 unspecified atom stereocenters. The smallest absolute Gasteiger partial charge is 0.161 e. The quantitative estimate of drug-likeness (QED) is 0.909. The number of hydrogen-bond donors (Lipinski definition) is 1. The number of aliphatic hydroxyl groups excluding tert-OH is 1. The molecule has 0 bridgehead atoms. The zero-order chi connectivity index (χ0) is 15.7.